The van der Waals surface area contributed by atoms with Crippen LogP contribution in [0.25, 0.3) is 22.3 Å². The van der Waals surface area contributed by atoms with Gasteiger partial charge in [-0.1, -0.05) is 0 Å². The predicted octanol–water partition coefficient (Wildman–Crippen LogP) is 3.36. The molecule has 3 aromatic rings. The van der Waals surface area contributed by atoms with Gasteiger partial charge in [-0.15, -0.1) is 0 Å². The second-order valence-corrected chi connectivity index (χ2v) is 6.69. The summed E-state index contributed by atoms with van der Waals surface area (Å²) in [6.45, 7) is 1.65. The van der Waals surface area contributed by atoms with E-state index < -0.39 is 0 Å². The SMILES string of the molecule is COc1ccc2cc(-c3nccn3CCC3CCCCO3)c(=O)[nH]c2c1. The molecule has 0 bridgehead atoms. The van der Waals surface area contributed by atoms with E-state index in [0.29, 0.717) is 17.5 Å². The number of benzene rings is 1. The second-order valence-electron chi connectivity index (χ2n) is 6.69. The van der Waals surface area contributed by atoms with E-state index in [4.69, 9.17) is 9.47 Å². The van der Waals surface area contributed by atoms with Gasteiger partial charge < -0.3 is 19.0 Å². The van der Waals surface area contributed by atoms with Gasteiger partial charge in [-0.3, -0.25) is 4.79 Å². The molecule has 136 valence electrons. The molecule has 1 aliphatic rings. The fraction of sp³-hybridized carbons (Fsp3) is 0.400. The van der Waals surface area contributed by atoms with Crippen molar-refractivity contribution in [3.8, 4) is 17.1 Å². The van der Waals surface area contributed by atoms with Gasteiger partial charge in [-0.25, -0.2) is 4.98 Å². The molecule has 0 spiro atoms. The summed E-state index contributed by atoms with van der Waals surface area (Å²) in [7, 11) is 1.61. The average Bonchev–Trinajstić information content (AvgIpc) is 3.14. The number of rotatable bonds is 5. The fourth-order valence-electron chi connectivity index (χ4n) is 3.53. The molecular formula is C20H23N3O3. The number of imidazole rings is 1. The predicted molar refractivity (Wildman–Crippen MR) is 101 cm³/mol. The standard InChI is InChI=1S/C20H23N3O3/c1-25-16-6-5-14-12-17(20(24)22-18(14)13-16)19-21-8-10-23(19)9-7-15-4-2-3-11-26-15/h5-6,8,10,12-13,15H,2-4,7,9,11H2,1H3,(H,22,24). The first kappa shape index (κ1) is 16.8. The van der Waals surface area contributed by atoms with E-state index in [-0.39, 0.29) is 5.56 Å². The van der Waals surface area contributed by atoms with Crippen LogP contribution in [0.3, 0.4) is 0 Å². The van der Waals surface area contributed by atoms with Crippen LogP contribution in [0, 0.1) is 0 Å². The minimum atomic E-state index is -0.146. The lowest BCUT2D eigenvalue weighted by Gasteiger charge is -2.22. The molecule has 0 aliphatic carbocycles. The fourth-order valence-corrected chi connectivity index (χ4v) is 3.53. The molecule has 0 saturated carbocycles. The number of aromatic amines is 1. The number of pyridine rings is 1. The number of methoxy groups -OCH3 is 1. The van der Waals surface area contributed by atoms with Crippen LogP contribution in [0.15, 0.2) is 41.5 Å². The van der Waals surface area contributed by atoms with Crippen LogP contribution in [-0.2, 0) is 11.3 Å². The van der Waals surface area contributed by atoms with Gasteiger partial charge in [0.25, 0.3) is 5.56 Å². The highest BCUT2D eigenvalue weighted by molar-refractivity contribution is 5.83. The summed E-state index contributed by atoms with van der Waals surface area (Å²) in [4.78, 5) is 20.0. The minimum Gasteiger partial charge on any atom is -0.497 e. The van der Waals surface area contributed by atoms with Crippen molar-refractivity contribution in [3.63, 3.8) is 0 Å². The maximum absolute atomic E-state index is 12.6. The zero-order valence-electron chi connectivity index (χ0n) is 14.9. The minimum absolute atomic E-state index is 0.146. The Morgan fingerprint density at radius 2 is 2.27 bits per heavy atom. The molecule has 0 radical (unpaired) electrons. The summed E-state index contributed by atoms with van der Waals surface area (Å²) >= 11 is 0. The number of hydrogen-bond donors (Lipinski definition) is 1. The first-order chi connectivity index (χ1) is 12.7. The van der Waals surface area contributed by atoms with Gasteiger partial charge in [0.05, 0.1) is 24.3 Å². The zero-order chi connectivity index (χ0) is 17.9. The van der Waals surface area contributed by atoms with E-state index >= 15 is 0 Å². The van der Waals surface area contributed by atoms with Crippen LogP contribution < -0.4 is 10.3 Å². The first-order valence-electron chi connectivity index (χ1n) is 9.09. The van der Waals surface area contributed by atoms with Gasteiger partial charge in [0.15, 0.2) is 0 Å². The molecule has 1 saturated heterocycles. The third-order valence-electron chi connectivity index (χ3n) is 4.98. The number of nitrogens with zero attached hydrogens (tertiary/aromatic N) is 2. The molecule has 6 nitrogen and oxygen atoms in total. The van der Waals surface area contributed by atoms with Crippen molar-refractivity contribution in [1.82, 2.24) is 14.5 Å². The maximum atomic E-state index is 12.6. The van der Waals surface area contributed by atoms with Crippen molar-refractivity contribution in [1.29, 1.82) is 0 Å². The van der Waals surface area contributed by atoms with Gasteiger partial charge in [0.1, 0.15) is 11.6 Å². The lowest BCUT2D eigenvalue weighted by atomic mass is 10.1. The number of hydrogen-bond acceptors (Lipinski definition) is 4. The monoisotopic (exact) mass is 353 g/mol. The summed E-state index contributed by atoms with van der Waals surface area (Å²) < 4.78 is 13.1. The van der Waals surface area contributed by atoms with E-state index in [1.165, 1.54) is 6.42 Å². The van der Waals surface area contributed by atoms with E-state index in [9.17, 15) is 4.79 Å². The molecule has 1 atom stereocenters. The Morgan fingerprint density at radius 3 is 3.08 bits per heavy atom. The summed E-state index contributed by atoms with van der Waals surface area (Å²) in [6, 6.07) is 7.55. The molecule has 1 aliphatic heterocycles. The number of ether oxygens (including phenoxy) is 2. The molecule has 0 amide bonds. The highest BCUT2D eigenvalue weighted by Crippen LogP contribution is 2.23. The molecule has 1 N–H and O–H groups in total. The van der Waals surface area contributed by atoms with Crippen molar-refractivity contribution in [2.45, 2.75) is 38.3 Å². The highest BCUT2D eigenvalue weighted by atomic mass is 16.5. The third-order valence-corrected chi connectivity index (χ3v) is 4.98. The Hall–Kier alpha value is -2.60. The van der Waals surface area contributed by atoms with E-state index in [2.05, 4.69) is 9.97 Å². The van der Waals surface area contributed by atoms with Gasteiger partial charge >= 0.3 is 0 Å². The van der Waals surface area contributed by atoms with Crippen molar-refractivity contribution >= 4 is 10.9 Å². The summed E-state index contributed by atoms with van der Waals surface area (Å²) in [6.07, 6.45) is 8.42. The van der Waals surface area contributed by atoms with Crippen molar-refractivity contribution in [3.05, 3.63) is 47.0 Å². The smallest absolute Gasteiger partial charge is 0.259 e. The number of fused-ring (bicyclic) bond motifs is 1. The average molecular weight is 353 g/mol. The van der Waals surface area contributed by atoms with Crippen LogP contribution in [0.4, 0.5) is 0 Å². The topological polar surface area (TPSA) is 69.1 Å². The molecule has 26 heavy (non-hydrogen) atoms. The molecule has 3 heterocycles. The van der Waals surface area contributed by atoms with Crippen LogP contribution in [0.1, 0.15) is 25.7 Å². The lowest BCUT2D eigenvalue weighted by Crippen LogP contribution is -2.21. The zero-order valence-corrected chi connectivity index (χ0v) is 14.9. The van der Waals surface area contributed by atoms with Crippen molar-refractivity contribution < 1.29 is 9.47 Å². The van der Waals surface area contributed by atoms with E-state index in [1.807, 2.05) is 35.0 Å². The second kappa shape index (κ2) is 7.33. The molecule has 1 fully saturated rings. The van der Waals surface area contributed by atoms with Crippen molar-refractivity contribution in [2.75, 3.05) is 13.7 Å². The molecule has 2 aromatic heterocycles. The lowest BCUT2D eigenvalue weighted by molar-refractivity contribution is 0.00887. The normalized spacial score (nSPS) is 17.5. The Balaban J connectivity index is 1.62. The van der Waals surface area contributed by atoms with Crippen molar-refractivity contribution in [2.24, 2.45) is 0 Å². The van der Waals surface area contributed by atoms with Gasteiger partial charge in [0.2, 0.25) is 0 Å². The molecule has 4 rings (SSSR count). The van der Waals surface area contributed by atoms with Gasteiger partial charge in [-0.2, -0.15) is 0 Å². The van der Waals surface area contributed by atoms with Crippen LogP contribution in [-0.4, -0.2) is 34.4 Å². The molecule has 6 heteroatoms. The molecule has 1 unspecified atom stereocenters. The van der Waals surface area contributed by atoms with Crippen LogP contribution >= 0.6 is 0 Å². The summed E-state index contributed by atoms with van der Waals surface area (Å²) in [5.74, 6) is 1.41. The van der Waals surface area contributed by atoms with Gasteiger partial charge in [0, 0.05) is 31.6 Å². The Labute approximate surface area is 151 Å². The maximum Gasteiger partial charge on any atom is 0.259 e. The Kier molecular flexibility index (Phi) is 4.75. The number of aryl methyl sites for hydroxylation is 1. The largest absolute Gasteiger partial charge is 0.497 e. The van der Waals surface area contributed by atoms with Gasteiger partial charge in [-0.05, 0) is 49.3 Å². The quantitative estimate of drug-likeness (QED) is 0.764. The number of nitrogens with one attached hydrogen (secondary N) is 1. The number of H-pyrrole nitrogens is 1. The molecular weight excluding hydrogens is 330 g/mol. The number of aromatic nitrogens is 3. The third kappa shape index (κ3) is 3.37. The van der Waals surface area contributed by atoms with E-state index in [0.717, 1.165) is 49.1 Å². The first-order valence-corrected chi connectivity index (χ1v) is 9.09. The van der Waals surface area contributed by atoms with Crippen LogP contribution in [0.5, 0.6) is 5.75 Å². The Morgan fingerprint density at radius 1 is 1.35 bits per heavy atom. The molecule has 1 aromatic carbocycles. The Bertz CT molecular complexity index is 954. The van der Waals surface area contributed by atoms with E-state index in [1.54, 1.807) is 13.3 Å². The summed E-state index contributed by atoms with van der Waals surface area (Å²) in [5.41, 5.74) is 1.19. The summed E-state index contributed by atoms with van der Waals surface area (Å²) in [5, 5.41) is 0.950. The highest BCUT2D eigenvalue weighted by Gasteiger charge is 2.16. The van der Waals surface area contributed by atoms with Crippen LogP contribution in [0.2, 0.25) is 0 Å².